The fourth-order valence-corrected chi connectivity index (χ4v) is 4.60. The summed E-state index contributed by atoms with van der Waals surface area (Å²) in [5.74, 6) is 0.302. The van der Waals surface area contributed by atoms with Gasteiger partial charge >= 0.3 is 0 Å². The monoisotopic (exact) mass is 455 g/mol. The summed E-state index contributed by atoms with van der Waals surface area (Å²) in [6.45, 7) is 3.20. The van der Waals surface area contributed by atoms with Gasteiger partial charge in [0.25, 0.3) is 0 Å². The van der Waals surface area contributed by atoms with Crippen molar-refractivity contribution in [1.82, 2.24) is 10.3 Å². The second-order valence-corrected chi connectivity index (χ2v) is 9.16. The standard InChI is InChI=1S/C29H33N3O2/c1-22-7-6-8-24(19-22)21-32(29(34)25-9-2-3-10-25)27-14-12-23(13-15-27)20-28(33)31-18-16-26-11-4-5-17-30-26/h4-8,11-15,17,19,25H,2-3,9-10,16,18,20-21H2,1H3,(H,31,33). The molecule has 0 unspecified atom stereocenters. The Hall–Kier alpha value is -3.47. The number of amides is 2. The second kappa shape index (κ2) is 11.6. The highest BCUT2D eigenvalue weighted by atomic mass is 16.2. The van der Waals surface area contributed by atoms with Crippen molar-refractivity contribution in [2.75, 3.05) is 11.4 Å². The smallest absolute Gasteiger partial charge is 0.230 e. The van der Waals surface area contributed by atoms with Gasteiger partial charge in [0, 0.05) is 36.5 Å². The molecule has 3 aromatic rings. The fraction of sp³-hybridized carbons (Fsp3) is 0.345. The topological polar surface area (TPSA) is 62.3 Å². The van der Waals surface area contributed by atoms with Crippen LogP contribution in [-0.4, -0.2) is 23.3 Å². The van der Waals surface area contributed by atoms with Crippen LogP contribution in [-0.2, 0) is 29.0 Å². The first kappa shape index (κ1) is 23.7. The van der Waals surface area contributed by atoms with Gasteiger partial charge in [-0.3, -0.25) is 14.6 Å². The highest BCUT2D eigenvalue weighted by molar-refractivity contribution is 5.95. The number of nitrogens with one attached hydrogen (secondary N) is 1. The maximum Gasteiger partial charge on any atom is 0.230 e. The number of hydrogen-bond donors (Lipinski definition) is 1. The molecule has 1 aliphatic rings. The SMILES string of the molecule is Cc1cccc(CN(C(=O)C2CCCC2)c2ccc(CC(=O)NCCc3ccccn3)cc2)c1. The van der Waals surface area contributed by atoms with Crippen molar-refractivity contribution in [3.05, 3.63) is 95.3 Å². The van der Waals surface area contributed by atoms with Crippen LogP contribution in [0.1, 0.15) is 48.1 Å². The first-order valence-corrected chi connectivity index (χ1v) is 12.2. The lowest BCUT2D eigenvalue weighted by Crippen LogP contribution is -2.35. The molecule has 1 aliphatic carbocycles. The summed E-state index contributed by atoms with van der Waals surface area (Å²) in [5, 5.41) is 2.97. The molecule has 176 valence electrons. The van der Waals surface area contributed by atoms with Crippen LogP contribution in [0.25, 0.3) is 0 Å². The first-order valence-electron chi connectivity index (χ1n) is 12.2. The van der Waals surface area contributed by atoms with E-state index in [0.29, 0.717) is 25.9 Å². The Morgan fingerprint density at radius 3 is 2.47 bits per heavy atom. The number of benzene rings is 2. The predicted molar refractivity (Wildman–Crippen MR) is 135 cm³/mol. The van der Waals surface area contributed by atoms with Crippen molar-refractivity contribution >= 4 is 17.5 Å². The number of nitrogens with zero attached hydrogens (tertiary/aromatic N) is 2. The number of rotatable bonds is 9. The van der Waals surface area contributed by atoms with Gasteiger partial charge in [-0.15, -0.1) is 0 Å². The van der Waals surface area contributed by atoms with E-state index in [-0.39, 0.29) is 17.7 Å². The number of carbonyl (C=O) groups excluding carboxylic acids is 2. The van der Waals surface area contributed by atoms with E-state index < -0.39 is 0 Å². The number of pyridine rings is 1. The molecule has 1 fully saturated rings. The van der Waals surface area contributed by atoms with Crippen molar-refractivity contribution < 1.29 is 9.59 Å². The number of anilines is 1. The number of carbonyl (C=O) groups is 2. The summed E-state index contributed by atoms with van der Waals surface area (Å²) >= 11 is 0. The van der Waals surface area contributed by atoms with Crippen molar-refractivity contribution in [3.63, 3.8) is 0 Å². The van der Waals surface area contributed by atoms with Crippen LogP contribution in [0.2, 0.25) is 0 Å². The zero-order valence-electron chi connectivity index (χ0n) is 19.9. The van der Waals surface area contributed by atoms with E-state index in [0.717, 1.165) is 48.2 Å². The number of aryl methyl sites for hydroxylation is 1. The molecular formula is C29H33N3O2. The molecule has 0 atom stereocenters. The lowest BCUT2D eigenvalue weighted by Gasteiger charge is -2.26. The molecular weight excluding hydrogens is 422 g/mol. The number of aromatic nitrogens is 1. The molecule has 0 bridgehead atoms. The quantitative estimate of drug-likeness (QED) is 0.493. The Morgan fingerprint density at radius 2 is 1.76 bits per heavy atom. The lowest BCUT2D eigenvalue weighted by molar-refractivity contribution is -0.122. The lowest BCUT2D eigenvalue weighted by atomic mass is 10.0. The molecule has 0 spiro atoms. The Bertz CT molecular complexity index is 1090. The van der Waals surface area contributed by atoms with E-state index in [1.54, 1.807) is 6.20 Å². The van der Waals surface area contributed by atoms with Gasteiger partial charge in [0.2, 0.25) is 11.8 Å². The second-order valence-electron chi connectivity index (χ2n) is 9.16. The van der Waals surface area contributed by atoms with Crippen molar-refractivity contribution in [2.45, 2.75) is 52.0 Å². The Morgan fingerprint density at radius 1 is 0.971 bits per heavy atom. The third-order valence-electron chi connectivity index (χ3n) is 6.44. The van der Waals surface area contributed by atoms with Crippen molar-refractivity contribution in [2.24, 2.45) is 5.92 Å². The third-order valence-corrected chi connectivity index (χ3v) is 6.44. The summed E-state index contributed by atoms with van der Waals surface area (Å²) in [6.07, 6.45) is 6.99. The van der Waals surface area contributed by atoms with Gasteiger partial charge in [-0.2, -0.15) is 0 Å². The van der Waals surface area contributed by atoms with Gasteiger partial charge in [0.1, 0.15) is 0 Å². The van der Waals surface area contributed by atoms with Crippen LogP contribution in [0.3, 0.4) is 0 Å². The Kier molecular flexibility index (Phi) is 8.08. The Balaban J connectivity index is 1.39. The molecule has 0 saturated heterocycles. The van der Waals surface area contributed by atoms with Crippen molar-refractivity contribution in [3.8, 4) is 0 Å². The molecule has 0 radical (unpaired) electrons. The first-order chi connectivity index (χ1) is 16.6. The molecule has 2 aromatic carbocycles. The summed E-state index contributed by atoms with van der Waals surface area (Å²) < 4.78 is 0. The summed E-state index contributed by atoms with van der Waals surface area (Å²) in [5.41, 5.74) is 5.10. The average Bonchev–Trinajstić information content (AvgIpc) is 3.39. The normalized spacial score (nSPS) is 13.6. The van der Waals surface area contributed by atoms with Gasteiger partial charge < -0.3 is 10.2 Å². The van der Waals surface area contributed by atoms with Crippen LogP contribution in [0, 0.1) is 12.8 Å². The summed E-state index contributed by atoms with van der Waals surface area (Å²) in [4.78, 5) is 32.0. The van der Waals surface area contributed by atoms with E-state index in [9.17, 15) is 9.59 Å². The van der Waals surface area contributed by atoms with E-state index in [1.807, 2.05) is 53.4 Å². The molecule has 0 aliphatic heterocycles. The van der Waals surface area contributed by atoms with E-state index >= 15 is 0 Å². The van der Waals surface area contributed by atoms with Gasteiger partial charge in [-0.25, -0.2) is 0 Å². The van der Waals surface area contributed by atoms with Crippen molar-refractivity contribution in [1.29, 1.82) is 0 Å². The molecule has 5 nitrogen and oxygen atoms in total. The molecule has 1 aromatic heterocycles. The largest absolute Gasteiger partial charge is 0.355 e. The minimum atomic E-state index is -0.0117. The van der Waals surface area contributed by atoms with Crippen LogP contribution < -0.4 is 10.2 Å². The molecule has 1 heterocycles. The average molecular weight is 456 g/mol. The van der Waals surface area contributed by atoms with Crippen LogP contribution in [0.15, 0.2) is 72.9 Å². The fourth-order valence-electron chi connectivity index (χ4n) is 4.60. The van der Waals surface area contributed by atoms with Gasteiger partial charge in [0.05, 0.1) is 13.0 Å². The summed E-state index contributed by atoms with van der Waals surface area (Å²) in [6, 6.07) is 22.0. The van der Waals surface area contributed by atoms with Crippen LogP contribution in [0.5, 0.6) is 0 Å². The van der Waals surface area contributed by atoms with Crippen LogP contribution in [0.4, 0.5) is 5.69 Å². The van der Waals surface area contributed by atoms with Crippen LogP contribution >= 0.6 is 0 Å². The minimum absolute atomic E-state index is 0.0117. The highest BCUT2D eigenvalue weighted by Gasteiger charge is 2.28. The zero-order valence-corrected chi connectivity index (χ0v) is 19.9. The third kappa shape index (κ3) is 6.53. The molecule has 1 N–H and O–H groups in total. The number of hydrogen-bond acceptors (Lipinski definition) is 3. The Labute approximate surface area is 202 Å². The van der Waals surface area contributed by atoms with Gasteiger partial charge in [0.15, 0.2) is 0 Å². The van der Waals surface area contributed by atoms with Gasteiger partial charge in [-0.05, 0) is 55.2 Å². The maximum atomic E-state index is 13.4. The molecule has 5 heteroatoms. The van der Waals surface area contributed by atoms with E-state index in [1.165, 1.54) is 5.56 Å². The maximum absolute atomic E-state index is 13.4. The molecule has 1 saturated carbocycles. The summed E-state index contributed by atoms with van der Waals surface area (Å²) in [7, 11) is 0. The predicted octanol–water partition coefficient (Wildman–Crippen LogP) is 5.01. The van der Waals surface area contributed by atoms with E-state index in [2.05, 4.69) is 35.4 Å². The highest BCUT2D eigenvalue weighted by Crippen LogP contribution is 2.30. The van der Waals surface area contributed by atoms with Gasteiger partial charge in [-0.1, -0.05) is 60.9 Å². The minimum Gasteiger partial charge on any atom is -0.355 e. The molecule has 2 amide bonds. The van der Waals surface area contributed by atoms with E-state index in [4.69, 9.17) is 0 Å². The molecule has 34 heavy (non-hydrogen) atoms. The zero-order chi connectivity index (χ0) is 23.8. The molecule has 4 rings (SSSR count).